The summed E-state index contributed by atoms with van der Waals surface area (Å²) < 4.78 is 4.82. The van der Waals surface area contributed by atoms with E-state index >= 15 is 0 Å². The highest BCUT2D eigenvalue weighted by Gasteiger charge is 2.22. The minimum atomic E-state index is -0.318. The molecule has 4 heteroatoms. The van der Waals surface area contributed by atoms with Crippen molar-refractivity contribution in [2.24, 2.45) is 0 Å². The van der Waals surface area contributed by atoms with Crippen LogP contribution in [0.15, 0.2) is 12.1 Å². The number of pyridine rings is 1. The number of aromatic nitrogens is 1. The second-order valence-corrected chi connectivity index (χ2v) is 4.85. The molecule has 2 rings (SSSR count). The molecule has 0 spiro atoms. The Labute approximate surface area is 108 Å². The Kier molecular flexibility index (Phi) is 4.18. The first-order valence-corrected chi connectivity index (χ1v) is 6.57. The van der Waals surface area contributed by atoms with Crippen molar-refractivity contribution in [3.63, 3.8) is 0 Å². The highest BCUT2D eigenvalue weighted by molar-refractivity contribution is 5.91. The molecule has 1 fully saturated rings. The number of carbonyl (C=O) groups excluding carboxylic acids is 1. The lowest BCUT2D eigenvalue weighted by molar-refractivity contribution is 0.0598. The number of methoxy groups -OCH3 is 1. The molecule has 2 N–H and O–H groups in total. The zero-order valence-electron chi connectivity index (χ0n) is 10.8. The van der Waals surface area contributed by atoms with Crippen LogP contribution in [0.25, 0.3) is 0 Å². The third-order valence-corrected chi connectivity index (χ3v) is 3.59. The molecule has 98 valence electrons. The predicted octanol–water partition coefficient (Wildman–Crippen LogP) is 2.89. The van der Waals surface area contributed by atoms with Crippen molar-refractivity contribution in [3.8, 4) is 0 Å². The third-order valence-electron chi connectivity index (χ3n) is 3.59. The molecule has 18 heavy (non-hydrogen) atoms. The SMILES string of the molecule is COC(=O)c1ccc(N)nc1C1CCCCCC1. The monoisotopic (exact) mass is 248 g/mol. The summed E-state index contributed by atoms with van der Waals surface area (Å²) in [6, 6.07) is 3.39. The summed E-state index contributed by atoms with van der Waals surface area (Å²) in [5.41, 5.74) is 7.14. The average molecular weight is 248 g/mol. The lowest BCUT2D eigenvalue weighted by atomic mass is 9.92. The van der Waals surface area contributed by atoms with Crippen LogP contribution in [0.5, 0.6) is 0 Å². The van der Waals surface area contributed by atoms with E-state index in [9.17, 15) is 4.79 Å². The second kappa shape index (κ2) is 5.85. The Morgan fingerprint density at radius 1 is 1.28 bits per heavy atom. The van der Waals surface area contributed by atoms with Crippen LogP contribution in [-0.4, -0.2) is 18.1 Å². The standard InChI is InChI=1S/C14H20N2O2/c1-18-14(17)11-8-9-12(15)16-13(11)10-6-4-2-3-5-7-10/h8-10H,2-7H2,1H3,(H2,15,16). The first kappa shape index (κ1) is 12.9. The molecule has 0 radical (unpaired) electrons. The van der Waals surface area contributed by atoms with Gasteiger partial charge in [0.15, 0.2) is 0 Å². The number of nitrogen functional groups attached to an aromatic ring is 1. The molecule has 0 bridgehead atoms. The Hall–Kier alpha value is -1.58. The summed E-state index contributed by atoms with van der Waals surface area (Å²) in [4.78, 5) is 16.2. The minimum absolute atomic E-state index is 0.318. The minimum Gasteiger partial charge on any atom is -0.465 e. The van der Waals surface area contributed by atoms with Crippen molar-refractivity contribution in [1.29, 1.82) is 0 Å². The van der Waals surface area contributed by atoms with Gasteiger partial charge in [-0.25, -0.2) is 9.78 Å². The molecule has 1 aliphatic rings. The predicted molar refractivity (Wildman–Crippen MR) is 70.4 cm³/mol. The van der Waals surface area contributed by atoms with Gasteiger partial charge in [0, 0.05) is 5.92 Å². The van der Waals surface area contributed by atoms with Crippen molar-refractivity contribution < 1.29 is 9.53 Å². The Balaban J connectivity index is 2.33. The van der Waals surface area contributed by atoms with E-state index in [2.05, 4.69) is 4.98 Å². The van der Waals surface area contributed by atoms with Crippen LogP contribution in [0.1, 0.15) is 60.5 Å². The fraction of sp³-hybridized carbons (Fsp3) is 0.571. The first-order chi connectivity index (χ1) is 8.72. The van der Waals surface area contributed by atoms with Crippen molar-refractivity contribution >= 4 is 11.8 Å². The van der Waals surface area contributed by atoms with E-state index in [-0.39, 0.29) is 5.97 Å². The summed E-state index contributed by atoms with van der Waals surface area (Å²) in [6.07, 6.45) is 7.10. The molecular formula is C14H20N2O2. The van der Waals surface area contributed by atoms with Gasteiger partial charge >= 0.3 is 5.97 Å². The maximum atomic E-state index is 11.8. The van der Waals surface area contributed by atoms with Crippen LogP contribution in [0, 0.1) is 0 Å². The number of esters is 1. The molecule has 1 aliphatic carbocycles. The van der Waals surface area contributed by atoms with E-state index in [1.165, 1.54) is 32.8 Å². The zero-order chi connectivity index (χ0) is 13.0. The normalized spacial score (nSPS) is 17.2. The van der Waals surface area contributed by atoms with Crippen LogP contribution in [0.2, 0.25) is 0 Å². The van der Waals surface area contributed by atoms with Gasteiger partial charge in [-0.1, -0.05) is 25.7 Å². The van der Waals surface area contributed by atoms with Crippen molar-refractivity contribution in [2.45, 2.75) is 44.4 Å². The smallest absolute Gasteiger partial charge is 0.339 e. The van der Waals surface area contributed by atoms with Crippen LogP contribution in [0.3, 0.4) is 0 Å². The highest BCUT2D eigenvalue weighted by Crippen LogP contribution is 2.33. The summed E-state index contributed by atoms with van der Waals surface area (Å²) in [5.74, 6) is 0.494. The summed E-state index contributed by atoms with van der Waals surface area (Å²) >= 11 is 0. The fourth-order valence-corrected chi connectivity index (χ4v) is 2.64. The van der Waals surface area contributed by atoms with Gasteiger partial charge < -0.3 is 10.5 Å². The molecule has 0 amide bonds. The maximum absolute atomic E-state index is 11.8. The molecule has 0 saturated heterocycles. The topological polar surface area (TPSA) is 65.2 Å². The van der Waals surface area contributed by atoms with Crippen molar-refractivity contribution in [2.75, 3.05) is 12.8 Å². The number of hydrogen-bond donors (Lipinski definition) is 1. The Bertz CT molecular complexity index is 424. The number of rotatable bonds is 2. The van der Waals surface area contributed by atoms with Gasteiger partial charge in [0.1, 0.15) is 5.82 Å². The number of nitrogens with zero attached hydrogens (tertiary/aromatic N) is 1. The quantitative estimate of drug-likeness (QED) is 0.645. The average Bonchev–Trinajstić information content (AvgIpc) is 2.66. The van der Waals surface area contributed by atoms with Crippen molar-refractivity contribution in [3.05, 3.63) is 23.4 Å². The van der Waals surface area contributed by atoms with Gasteiger partial charge in [-0.2, -0.15) is 0 Å². The van der Waals surface area contributed by atoms with E-state index in [0.717, 1.165) is 18.5 Å². The molecular weight excluding hydrogens is 228 g/mol. The molecule has 4 nitrogen and oxygen atoms in total. The second-order valence-electron chi connectivity index (χ2n) is 4.85. The number of carbonyl (C=O) groups is 1. The van der Waals surface area contributed by atoms with E-state index < -0.39 is 0 Å². The van der Waals surface area contributed by atoms with E-state index in [1.807, 2.05) is 0 Å². The lowest BCUT2D eigenvalue weighted by Gasteiger charge is -2.16. The third kappa shape index (κ3) is 2.81. The molecule has 1 heterocycles. The zero-order valence-corrected chi connectivity index (χ0v) is 10.8. The molecule has 0 atom stereocenters. The van der Waals surface area contributed by atoms with E-state index in [0.29, 0.717) is 17.3 Å². The largest absolute Gasteiger partial charge is 0.465 e. The number of ether oxygens (including phenoxy) is 1. The molecule has 1 aromatic heterocycles. The number of nitrogens with two attached hydrogens (primary N) is 1. The number of anilines is 1. The summed E-state index contributed by atoms with van der Waals surface area (Å²) in [7, 11) is 1.40. The maximum Gasteiger partial charge on any atom is 0.339 e. The fourth-order valence-electron chi connectivity index (χ4n) is 2.64. The summed E-state index contributed by atoms with van der Waals surface area (Å²) in [5, 5.41) is 0. The van der Waals surface area contributed by atoms with Crippen LogP contribution < -0.4 is 5.73 Å². The van der Waals surface area contributed by atoms with Crippen LogP contribution >= 0.6 is 0 Å². The van der Waals surface area contributed by atoms with Gasteiger partial charge in [-0.15, -0.1) is 0 Å². The number of hydrogen-bond acceptors (Lipinski definition) is 4. The molecule has 0 unspecified atom stereocenters. The Morgan fingerprint density at radius 2 is 1.94 bits per heavy atom. The summed E-state index contributed by atoms with van der Waals surface area (Å²) in [6.45, 7) is 0. The van der Waals surface area contributed by atoms with Gasteiger partial charge in [0.2, 0.25) is 0 Å². The molecule has 1 saturated carbocycles. The van der Waals surface area contributed by atoms with Gasteiger partial charge in [-0.05, 0) is 25.0 Å². The van der Waals surface area contributed by atoms with Crippen molar-refractivity contribution in [1.82, 2.24) is 4.98 Å². The lowest BCUT2D eigenvalue weighted by Crippen LogP contribution is -2.12. The van der Waals surface area contributed by atoms with E-state index in [4.69, 9.17) is 10.5 Å². The Morgan fingerprint density at radius 3 is 2.56 bits per heavy atom. The van der Waals surface area contributed by atoms with Gasteiger partial charge in [0.05, 0.1) is 18.4 Å². The van der Waals surface area contributed by atoms with Crippen LogP contribution in [0.4, 0.5) is 5.82 Å². The highest BCUT2D eigenvalue weighted by atomic mass is 16.5. The van der Waals surface area contributed by atoms with Crippen LogP contribution in [-0.2, 0) is 4.74 Å². The first-order valence-electron chi connectivity index (χ1n) is 6.57. The molecule has 1 aromatic rings. The van der Waals surface area contributed by atoms with E-state index in [1.54, 1.807) is 12.1 Å². The van der Waals surface area contributed by atoms with Gasteiger partial charge in [-0.3, -0.25) is 0 Å². The van der Waals surface area contributed by atoms with Gasteiger partial charge in [0.25, 0.3) is 0 Å². The molecule has 0 aromatic carbocycles. The molecule has 0 aliphatic heterocycles.